The molecule has 0 aliphatic carbocycles. The predicted octanol–water partition coefficient (Wildman–Crippen LogP) is -2.18. The van der Waals surface area contributed by atoms with Crippen LogP contribution in [-0.4, -0.2) is 42.9 Å². The van der Waals surface area contributed by atoms with Gasteiger partial charge in [-0.1, -0.05) is 13.8 Å². The Labute approximate surface area is 81.4 Å². The largest absolute Gasteiger partial charge is 1.00 e. The van der Waals surface area contributed by atoms with E-state index >= 15 is 0 Å². The molecule has 0 spiro atoms. The van der Waals surface area contributed by atoms with Crippen molar-refractivity contribution in [2.75, 3.05) is 27.2 Å². The van der Waals surface area contributed by atoms with Crippen LogP contribution < -0.4 is 18.9 Å². The molecule has 0 atom stereocenters. The summed E-state index contributed by atoms with van der Waals surface area (Å²) in [5.74, 6) is 0.338. The fourth-order valence-electron chi connectivity index (χ4n) is 0.789. The Morgan fingerprint density at radius 3 is 1.64 bits per heavy atom. The second-order valence-electron chi connectivity index (χ2n) is 2.37. The van der Waals surface area contributed by atoms with Crippen LogP contribution in [0.25, 0.3) is 5.41 Å². The number of rotatable bonds is 2. The Bertz CT molecular complexity index is 110. The molecule has 0 rings (SSSR count). The van der Waals surface area contributed by atoms with E-state index in [2.05, 4.69) is 0 Å². The molecule has 0 aliphatic rings. The molecular formula is C7H16LiN3. The van der Waals surface area contributed by atoms with Gasteiger partial charge in [-0.05, 0) is 27.2 Å². The first kappa shape index (κ1) is 13.5. The van der Waals surface area contributed by atoms with E-state index in [0.717, 1.165) is 13.1 Å². The fraction of sp³-hybridized carbons (Fsp3) is 0.857. The Hall–Kier alpha value is -0.133. The topological polar surface area (TPSA) is 28.8 Å². The number of guanidine groups is 1. The smallest absolute Gasteiger partial charge is 0.432 e. The number of hydrogen-bond acceptors (Lipinski definition) is 0. The van der Waals surface area contributed by atoms with Crippen LogP contribution in [0.5, 0.6) is 0 Å². The van der Waals surface area contributed by atoms with Crippen molar-refractivity contribution in [3.8, 4) is 0 Å². The van der Waals surface area contributed by atoms with E-state index < -0.39 is 0 Å². The van der Waals surface area contributed by atoms with Crippen molar-refractivity contribution >= 4 is 5.96 Å². The molecule has 0 aromatic carbocycles. The molecule has 0 saturated heterocycles. The zero-order chi connectivity index (χ0) is 8.15. The van der Waals surface area contributed by atoms with Gasteiger partial charge in [0.2, 0.25) is 0 Å². The molecule has 0 aromatic heterocycles. The minimum absolute atomic E-state index is 0. The summed E-state index contributed by atoms with van der Waals surface area (Å²) in [4.78, 5) is 3.59. The molecule has 3 nitrogen and oxygen atoms in total. The molecule has 0 unspecified atom stereocenters. The Morgan fingerprint density at radius 1 is 1.18 bits per heavy atom. The van der Waals surface area contributed by atoms with Gasteiger partial charge in [-0.3, -0.25) is 0 Å². The summed E-state index contributed by atoms with van der Waals surface area (Å²) in [7, 11) is 3.65. The average molecular weight is 149 g/mol. The van der Waals surface area contributed by atoms with Crippen molar-refractivity contribution in [1.82, 2.24) is 9.80 Å². The third-order valence-corrected chi connectivity index (χ3v) is 1.45. The minimum atomic E-state index is 0. The van der Waals surface area contributed by atoms with Gasteiger partial charge in [-0.25, -0.2) is 0 Å². The molecule has 4 heteroatoms. The van der Waals surface area contributed by atoms with E-state index in [1.54, 1.807) is 4.90 Å². The Kier molecular flexibility index (Phi) is 8.04. The van der Waals surface area contributed by atoms with E-state index in [4.69, 9.17) is 0 Å². The maximum atomic E-state index is 9.35. The first-order chi connectivity index (χ1) is 4.63. The monoisotopic (exact) mass is 149 g/mol. The van der Waals surface area contributed by atoms with Crippen LogP contribution in [0.3, 0.4) is 0 Å². The van der Waals surface area contributed by atoms with Gasteiger partial charge in [0, 0.05) is 5.96 Å². The predicted molar refractivity (Wildman–Crippen MR) is 45.0 cm³/mol. The second-order valence-corrected chi connectivity index (χ2v) is 2.37. The van der Waals surface area contributed by atoms with Crippen LogP contribution in [0, 0.1) is 0 Å². The molecule has 0 saturated carbocycles. The zero-order valence-electron chi connectivity index (χ0n) is 8.26. The summed E-state index contributed by atoms with van der Waals surface area (Å²) in [6.45, 7) is 5.73. The van der Waals surface area contributed by atoms with Crippen molar-refractivity contribution < 1.29 is 18.9 Å². The average Bonchev–Trinajstić information content (AvgIpc) is 1.90. The van der Waals surface area contributed by atoms with E-state index in [0.29, 0.717) is 5.96 Å². The standard InChI is InChI=1S/C7H16N3.Li/c1-5-10(6-2)7(8)9(3)4;/h5-6H2,1-4H3;/q-1;+1. The summed E-state index contributed by atoms with van der Waals surface area (Å²) in [6, 6.07) is 0. The first-order valence-electron chi connectivity index (χ1n) is 3.61. The maximum absolute atomic E-state index is 9.35. The molecule has 0 N–H and O–H groups in total. The van der Waals surface area contributed by atoms with Crippen LogP contribution >= 0.6 is 0 Å². The summed E-state index contributed by atoms with van der Waals surface area (Å²) >= 11 is 0. The molecule has 11 heavy (non-hydrogen) atoms. The van der Waals surface area contributed by atoms with E-state index in [9.17, 15) is 5.41 Å². The van der Waals surface area contributed by atoms with Gasteiger partial charge < -0.3 is 15.2 Å². The minimum Gasteiger partial charge on any atom is -0.432 e. The zero-order valence-corrected chi connectivity index (χ0v) is 8.26. The number of hydrogen-bond donors (Lipinski definition) is 0. The molecule has 0 fully saturated rings. The first-order valence-corrected chi connectivity index (χ1v) is 3.61. The third kappa shape index (κ3) is 4.34. The molecule has 60 valence electrons. The van der Waals surface area contributed by atoms with Gasteiger partial charge >= 0.3 is 18.9 Å². The SMILES string of the molecule is CCN(CC)C(=[N-])N(C)C.[Li+]. The summed E-state index contributed by atoms with van der Waals surface area (Å²) in [5, 5.41) is 9.35. The molecule has 0 aliphatic heterocycles. The molecule has 0 bridgehead atoms. The van der Waals surface area contributed by atoms with Gasteiger partial charge in [-0.2, -0.15) is 0 Å². The van der Waals surface area contributed by atoms with Gasteiger partial charge in [0.25, 0.3) is 0 Å². The normalized spacial score (nSPS) is 8.36. The second kappa shape index (κ2) is 6.57. The van der Waals surface area contributed by atoms with E-state index in [-0.39, 0.29) is 18.9 Å². The maximum Gasteiger partial charge on any atom is 1.00 e. The van der Waals surface area contributed by atoms with Crippen molar-refractivity contribution in [3.05, 3.63) is 5.41 Å². The van der Waals surface area contributed by atoms with E-state index in [1.165, 1.54) is 0 Å². The Morgan fingerprint density at radius 2 is 1.55 bits per heavy atom. The number of nitrogens with zero attached hydrogens (tertiary/aromatic N) is 3. The van der Waals surface area contributed by atoms with Gasteiger partial charge in [0.1, 0.15) is 0 Å². The van der Waals surface area contributed by atoms with Crippen LogP contribution in [0.15, 0.2) is 0 Å². The Balaban J connectivity index is 0. The quantitative estimate of drug-likeness (QED) is 0.254. The van der Waals surface area contributed by atoms with Crippen LogP contribution in [-0.2, 0) is 0 Å². The summed E-state index contributed by atoms with van der Waals surface area (Å²) < 4.78 is 0. The van der Waals surface area contributed by atoms with Crippen molar-refractivity contribution in [3.63, 3.8) is 0 Å². The molecular weight excluding hydrogens is 133 g/mol. The third-order valence-electron chi connectivity index (χ3n) is 1.45. The van der Waals surface area contributed by atoms with Gasteiger partial charge in [0.05, 0.1) is 0 Å². The molecule has 0 heterocycles. The molecule has 0 aromatic rings. The summed E-state index contributed by atoms with van der Waals surface area (Å²) in [5.41, 5.74) is 0. The van der Waals surface area contributed by atoms with Gasteiger partial charge in [0.15, 0.2) is 0 Å². The van der Waals surface area contributed by atoms with Crippen LogP contribution in [0.4, 0.5) is 0 Å². The fourth-order valence-corrected chi connectivity index (χ4v) is 0.789. The van der Waals surface area contributed by atoms with Gasteiger partial charge in [-0.15, -0.1) is 0 Å². The molecule has 0 radical (unpaired) electrons. The summed E-state index contributed by atoms with van der Waals surface area (Å²) in [6.07, 6.45) is 0. The van der Waals surface area contributed by atoms with Crippen LogP contribution in [0.1, 0.15) is 13.8 Å². The molecule has 0 amide bonds. The van der Waals surface area contributed by atoms with Crippen molar-refractivity contribution in [2.24, 2.45) is 0 Å². The van der Waals surface area contributed by atoms with E-state index in [1.807, 2.05) is 32.8 Å². The van der Waals surface area contributed by atoms with Crippen LogP contribution in [0.2, 0.25) is 0 Å². The van der Waals surface area contributed by atoms with Crippen molar-refractivity contribution in [2.45, 2.75) is 13.8 Å². The van der Waals surface area contributed by atoms with Crippen molar-refractivity contribution in [1.29, 1.82) is 0 Å².